The lowest BCUT2D eigenvalue weighted by Crippen LogP contribution is -2.32. The van der Waals surface area contributed by atoms with Gasteiger partial charge in [0.1, 0.15) is 0 Å². The molecule has 0 atom stereocenters. The summed E-state index contributed by atoms with van der Waals surface area (Å²) >= 11 is 0. The molecule has 1 aromatic rings. The van der Waals surface area contributed by atoms with Gasteiger partial charge in [-0.3, -0.25) is 9.21 Å². The van der Waals surface area contributed by atoms with Crippen molar-refractivity contribution >= 4 is 27.5 Å². The Morgan fingerprint density at radius 1 is 1.28 bits per heavy atom. The molecule has 0 aliphatic rings. The monoisotopic (exact) mass is 272 g/mol. The standard InChI is InChI=1S/C11H16N2O4S/c1-4-13(11(14)15)10-8-6-5-7-9(10)12(2)18(3,16)17/h5-8H,4H2,1-3H3,(H,14,15). The summed E-state index contributed by atoms with van der Waals surface area (Å²) in [5, 5.41) is 9.09. The van der Waals surface area contributed by atoms with Crippen molar-refractivity contribution in [2.75, 3.05) is 29.1 Å². The number of amides is 1. The van der Waals surface area contributed by atoms with Gasteiger partial charge in [-0.1, -0.05) is 12.1 Å². The molecule has 1 N–H and O–H groups in total. The third kappa shape index (κ3) is 2.92. The first-order valence-corrected chi connectivity index (χ1v) is 7.17. The van der Waals surface area contributed by atoms with Gasteiger partial charge in [0.25, 0.3) is 0 Å². The number of sulfonamides is 1. The lowest BCUT2D eigenvalue weighted by atomic mass is 10.2. The van der Waals surface area contributed by atoms with E-state index in [1.165, 1.54) is 7.05 Å². The molecule has 0 aromatic heterocycles. The largest absolute Gasteiger partial charge is 0.465 e. The van der Waals surface area contributed by atoms with Crippen molar-refractivity contribution in [3.63, 3.8) is 0 Å². The summed E-state index contributed by atoms with van der Waals surface area (Å²) in [4.78, 5) is 12.2. The molecule has 0 bridgehead atoms. The molecular weight excluding hydrogens is 256 g/mol. The molecule has 0 spiro atoms. The van der Waals surface area contributed by atoms with Crippen LogP contribution in [-0.2, 0) is 10.0 Å². The van der Waals surface area contributed by atoms with E-state index in [-0.39, 0.29) is 6.54 Å². The van der Waals surface area contributed by atoms with E-state index in [0.29, 0.717) is 11.4 Å². The molecule has 1 rings (SSSR count). The van der Waals surface area contributed by atoms with E-state index < -0.39 is 16.1 Å². The van der Waals surface area contributed by atoms with Crippen LogP contribution in [0.2, 0.25) is 0 Å². The summed E-state index contributed by atoms with van der Waals surface area (Å²) in [6.45, 7) is 1.93. The van der Waals surface area contributed by atoms with Crippen LogP contribution in [0.25, 0.3) is 0 Å². The van der Waals surface area contributed by atoms with Crippen molar-refractivity contribution in [3.8, 4) is 0 Å². The van der Waals surface area contributed by atoms with Gasteiger partial charge in [0.2, 0.25) is 10.0 Å². The van der Waals surface area contributed by atoms with Crippen LogP contribution in [0, 0.1) is 0 Å². The first-order chi connectivity index (χ1) is 8.29. The number of hydrogen-bond acceptors (Lipinski definition) is 3. The summed E-state index contributed by atoms with van der Waals surface area (Å²) in [6, 6.07) is 6.48. The second-order valence-corrected chi connectivity index (χ2v) is 5.76. The summed E-state index contributed by atoms with van der Waals surface area (Å²) in [5.74, 6) is 0. The van der Waals surface area contributed by atoms with E-state index >= 15 is 0 Å². The molecule has 7 heteroatoms. The molecule has 6 nitrogen and oxygen atoms in total. The number of anilines is 2. The van der Waals surface area contributed by atoms with Gasteiger partial charge in [-0.15, -0.1) is 0 Å². The van der Waals surface area contributed by atoms with Crippen molar-refractivity contribution in [2.45, 2.75) is 6.92 Å². The van der Waals surface area contributed by atoms with E-state index in [4.69, 9.17) is 5.11 Å². The van der Waals surface area contributed by atoms with Gasteiger partial charge in [0.05, 0.1) is 17.6 Å². The molecule has 0 fully saturated rings. The Morgan fingerprint density at radius 2 is 1.78 bits per heavy atom. The van der Waals surface area contributed by atoms with Gasteiger partial charge in [-0.25, -0.2) is 13.2 Å². The molecule has 0 radical (unpaired) electrons. The van der Waals surface area contributed by atoms with E-state index in [1.807, 2.05) is 0 Å². The van der Waals surface area contributed by atoms with Gasteiger partial charge < -0.3 is 5.11 Å². The molecule has 100 valence electrons. The van der Waals surface area contributed by atoms with E-state index in [1.54, 1.807) is 31.2 Å². The Morgan fingerprint density at radius 3 is 2.17 bits per heavy atom. The molecule has 0 saturated heterocycles. The lowest BCUT2D eigenvalue weighted by Gasteiger charge is -2.25. The predicted molar refractivity (Wildman–Crippen MR) is 70.7 cm³/mol. The predicted octanol–water partition coefficient (Wildman–Crippen LogP) is 1.59. The Kier molecular flexibility index (Phi) is 4.18. The average molecular weight is 272 g/mol. The number of para-hydroxylation sites is 2. The van der Waals surface area contributed by atoms with Crippen LogP contribution in [-0.4, -0.2) is 39.5 Å². The molecule has 1 aromatic carbocycles. The topological polar surface area (TPSA) is 77.9 Å². The quantitative estimate of drug-likeness (QED) is 0.902. The van der Waals surface area contributed by atoms with Gasteiger partial charge in [-0.05, 0) is 19.1 Å². The first kappa shape index (κ1) is 14.3. The molecule has 0 aliphatic carbocycles. The number of benzene rings is 1. The smallest absolute Gasteiger partial charge is 0.411 e. The minimum absolute atomic E-state index is 0.240. The summed E-state index contributed by atoms with van der Waals surface area (Å²) < 4.78 is 24.1. The molecule has 0 saturated carbocycles. The zero-order valence-electron chi connectivity index (χ0n) is 10.5. The van der Waals surface area contributed by atoms with Crippen LogP contribution < -0.4 is 9.21 Å². The Labute approximate surface area is 106 Å². The highest BCUT2D eigenvalue weighted by atomic mass is 32.2. The number of carbonyl (C=O) groups is 1. The maximum absolute atomic E-state index is 11.5. The van der Waals surface area contributed by atoms with Gasteiger partial charge >= 0.3 is 6.09 Å². The van der Waals surface area contributed by atoms with Crippen molar-refractivity contribution in [3.05, 3.63) is 24.3 Å². The highest BCUT2D eigenvalue weighted by Gasteiger charge is 2.21. The van der Waals surface area contributed by atoms with Crippen molar-refractivity contribution < 1.29 is 18.3 Å². The maximum atomic E-state index is 11.5. The van der Waals surface area contributed by atoms with E-state index in [0.717, 1.165) is 15.5 Å². The highest BCUT2D eigenvalue weighted by molar-refractivity contribution is 7.92. The van der Waals surface area contributed by atoms with Crippen LogP contribution >= 0.6 is 0 Å². The van der Waals surface area contributed by atoms with Gasteiger partial charge in [0.15, 0.2) is 0 Å². The fraction of sp³-hybridized carbons (Fsp3) is 0.364. The molecule has 18 heavy (non-hydrogen) atoms. The number of hydrogen-bond donors (Lipinski definition) is 1. The number of rotatable bonds is 4. The van der Waals surface area contributed by atoms with Gasteiger partial charge in [0, 0.05) is 13.6 Å². The molecule has 0 unspecified atom stereocenters. The second kappa shape index (κ2) is 5.26. The third-order valence-electron chi connectivity index (χ3n) is 2.56. The zero-order chi connectivity index (χ0) is 13.9. The first-order valence-electron chi connectivity index (χ1n) is 5.32. The minimum atomic E-state index is -3.43. The second-order valence-electron chi connectivity index (χ2n) is 3.75. The molecule has 1 amide bonds. The molecule has 0 heterocycles. The summed E-state index contributed by atoms with van der Waals surface area (Å²) in [5.41, 5.74) is 0.685. The Hall–Kier alpha value is -1.76. The summed E-state index contributed by atoms with van der Waals surface area (Å²) in [6.07, 6.45) is -0.0484. The maximum Gasteiger partial charge on any atom is 0.411 e. The zero-order valence-corrected chi connectivity index (χ0v) is 11.3. The SMILES string of the molecule is CCN(C(=O)O)c1ccccc1N(C)S(C)(=O)=O. The van der Waals surface area contributed by atoms with E-state index in [2.05, 4.69) is 0 Å². The Balaban J connectivity index is 3.35. The fourth-order valence-electron chi connectivity index (χ4n) is 1.55. The normalized spacial score (nSPS) is 11.1. The Bertz CT molecular complexity index is 542. The minimum Gasteiger partial charge on any atom is -0.465 e. The molecular formula is C11H16N2O4S. The highest BCUT2D eigenvalue weighted by Crippen LogP contribution is 2.29. The third-order valence-corrected chi connectivity index (χ3v) is 3.75. The average Bonchev–Trinajstić information content (AvgIpc) is 2.28. The van der Waals surface area contributed by atoms with Crippen molar-refractivity contribution in [1.82, 2.24) is 0 Å². The van der Waals surface area contributed by atoms with Crippen LogP contribution in [0.15, 0.2) is 24.3 Å². The fourth-order valence-corrected chi connectivity index (χ4v) is 2.06. The van der Waals surface area contributed by atoms with Crippen LogP contribution in [0.4, 0.5) is 16.2 Å². The van der Waals surface area contributed by atoms with Gasteiger partial charge in [-0.2, -0.15) is 0 Å². The van der Waals surface area contributed by atoms with Crippen LogP contribution in [0.1, 0.15) is 6.92 Å². The van der Waals surface area contributed by atoms with Crippen molar-refractivity contribution in [1.29, 1.82) is 0 Å². The number of nitrogens with zero attached hydrogens (tertiary/aromatic N) is 2. The van der Waals surface area contributed by atoms with Crippen LogP contribution in [0.5, 0.6) is 0 Å². The summed E-state index contributed by atoms with van der Waals surface area (Å²) in [7, 11) is -2.04. The molecule has 0 aliphatic heterocycles. The van der Waals surface area contributed by atoms with Crippen molar-refractivity contribution in [2.24, 2.45) is 0 Å². The van der Waals surface area contributed by atoms with E-state index in [9.17, 15) is 13.2 Å². The van der Waals surface area contributed by atoms with Crippen LogP contribution in [0.3, 0.4) is 0 Å². The lowest BCUT2D eigenvalue weighted by molar-refractivity contribution is 0.202. The number of carboxylic acid groups (broad SMARTS) is 1.